The van der Waals surface area contributed by atoms with E-state index >= 15 is 0 Å². The van der Waals surface area contributed by atoms with Gasteiger partial charge in [-0.15, -0.1) is 24.8 Å². The molecule has 1 unspecified atom stereocenters. The maximum absolute atomic E-state index is 12.7. The Balaban J connectivity index is 0. The summed E-state index contributed by atoms with van der Waals surface area (Å²) in [4.78, 5) is 17.6. The van der Waals surface area contributed by atoms with Crippen LogP contribution in [0.25, 0.3) is 0 Å². The fourth-order valence-corrected chi connectivity index (χ4v) is 3.69. The van der Waals surface area contributed by atoms with Crippen LogP contribution in [-0.2, 0) is 4.74 Å². The van der Waals surface area contributed by atoms with E-state index in [0.717, 1.165) is 52.1 Å². The van der Waals surface area contributed by atoms with Gasteiger partial charge < -0.3 is 4.74 Å². The molecule has 0 saturated carbocycles. The molecule has 1 atom stereocenters. The highest BCUT2D eigenvalue weighted by Crippen LogP contribution is 2.11. The number of rotatable bonds is 14. The first-order valence-electron chi connectivity index (χ1n) is 11.1. The smallest absolute Gasteiger partial charge is 0.338 e. The maximum Gasteiger partial charge on any atom is 0.338 e. The molecule has 30 heavy (non-hydrogen) atoms. The molecule has 0 bridgehead atoms. The number of hydrogen-bond acceptors (Lipinski definition) is 4. The normalized spacial score (nSPS) is 12.1. The van der Waals surface area contributed by atoms with Gasteiger partial charge in [0.2, 0.25) is 0 Å². The zero-order valence-corrected chi connectivity index (χ0v) is 21.4. The molecule has 0 aromatic heterocycles. The van der Waals surface area contributed by atoms with E-state index < -0.39 is 0 Å². The van der Waals surface area contributed by atoms with Crippen LogP contribution < -0.4 is 0 Å². The van der Waals surface area contributed by atoms with Crippen molar-refractivity contribution < 1.29 is 9.53 Å². The van der Waals surface area contributed by atoms with Crippen molar-refractivity contribution in [1.82, 2.24) is 9.80 Å². The standard InChI is InChI=1S/C24H42N2O2.2ClH/c1-7-14-25(15-8-2)18-23(19-26(16-20(3)4)17-21(5)6)28-24(27)22-12-10-9-11-13-22;;/h9-13,20-21,23H,7-8,14-19H2,1-6H3;2*1H. The first-order chi connectivity index (χ1) is 13.3. The van der Waals surface area contributed by atoms with Crippen LogP contribution in [0.1, 0.15) is 64.7 Å². The zero-order valence-electron chi connectivity index (χ0n) is 19.8. The number of nitrogens with zero attached hydrogens (tertiary/aromatic N) is 2. The van der Waals surface area contributed by atoms with Crippen molar-refractivity contribution in [2.24, 2.45) is 11.8 Å². The lowest BCUT2D eigenvalue weighted by molar-refractivity contribution is 0.00663. The molecule has 1 rings (SSSR count). The summed E-state index contributed by atoms with van der Waals surface area (Å²) >= 11 is 0. The van der Waals surface area contributed by atoms with Gasteiger partial charge in [-0.3, -0.25) is 9.80 Å². The minimum Gasteiger partial charge on any atom is -0.456 e. The summed E-state index contributed by atoms with van der Waals surface area (Å²) in [6.45, 7) is 19.1. The maximum atomic E-state index is 12.7. The Bertz CT molecular complexity index is 525. The predicted molar refractivity (Wildman–Crippen MR) is 133 cm³/mol. The third-order valence-electron chi connectivity index (χ3n) is 4.53. The van der Waals surface area contributed by atoms with Gasteiger partial charge in [0.1, 0.15) is 6.10 Å². The molecule has 0 saturated heterocycles. The molecule has 0 radical (unpaired) electrons. The van der Waals surface area contributed by atoms with Gasteiger partial charge in [-0.2, -0.15) is 0 Å². The largest absolute Gasteiger partial charge is 0.456 e. The van der Waals surface area contributed by atoms with E-state index in [4.69, 9.17) is 4.74 Å². The van der Waals surface area contributed by atoms with Gasteiger partial charge >= 0.3 is 5.97 Å². The highest BCUT2D eigenvalue weighted by atomic mass is 35.5. The van der Waals surface area contributed by atoms with Gasteiger partial charge in [0.15, 0.2) is 0 Å². The van der Waals surface area contributed by atoms with Crippen LogP contribution in [0.3, 0.4) is 0 Å². The average Bonchev–Trinajstić information content (AvgIpc) is 2.61. The van der Waals surface area contributed by atoms with E-state index in [2.05, 4.69) is 51.3 Å². The van der Waals surface area contributed by atoms with Crippen LogP contribution in [-0.4, -0.2) is 61.1 Å². The van der Waals surface area contributed by atoms with Crippen LogP contribution in [0.4, 0.5) is 0 Å². The van der Waals surface area contributed by atoms with Crippen molar-refractivity contribution in [2.45, 2.75) is 60.5 Å². The van der Waals surface area contributed by atoms with E-state index in [9.17, 15) is 4.79 Å². The molecule has 0 aliphatic rings. The Kier molecular flexibility index (Phi) is 18.6. The number of carbonyl (C=O) groups excluding carboxylic acids is 1. The van der Waals surface area contributed by atoms with Crippen molar-refractivity contribution in [3.63, 3.8) is 0 Å². The number of carbonyl (C=O) groups is 1. The molecule has 0 heterocycles. The summed E-state index contributed by atoms with van der Waals surface area (Å²) in [5.41, 5.74) is 0.629. The molecular weight excluding hydrogens is 419 g/mol. The number of esters is 1. The minimum absolute atomic E-state index is 0. The number of ether oxygens (including phenoxy) is 1. The third-order valence-corrected chi connectivity index (χ3v) is 4.53. The average molecular weight is 464 g/mol. The Hall–Kier alpha value is -0.810. The first kappa shape index (κ1) is 31.4. The Labute approximate surface area is 197 Å². The summed E-state index contributed by atoms with van der Waals surface area (Å²) in [6, 6.07) is 9.35. The second-order valence-electron chi connectivity index (χ2n) is 8.70. The van der Waals surface area contributed by atoms with E-state index in [1.807, 2.05) is 30.3 Å². The second-order valence-corrected chi connectivity index (χ2v) is 8.70. The summed E-state index contributed by atoms with van der Waals surface area (Å²) in [5, 5.41) is 0. The Morgan fingerprint density at radius 3 is 1.70 bits per heavy atom. The van der Waals surface area contributed by atoms with Crippen molar-refractivity contribution in [2.75, 3.05) is 39.3 Å². The molecule has 1 aromatic rings. The molecule has 0 aliphatic carbocycles. The van der Waals surface area contributed by atoms with Gasteiger partial charge in [-0.05, 0) is 49.9 Å². The molecular formula is C24H44Cl2N2O2. The number of hydrogen-bond donors (Lipinski definition) is 0. The molecule has 0 aliphatic heterocycles. The molecule has 0 fully saturated rings. The van der Waals surface area contributed by atoms with E-state index in [-0.39, 0.29) is 36.9 Å². The van der Waals surface area contributed by atoms with E-state index in [0.29, 0.717) is 17.4 Å². The third kappa shape index (κ3) is 13.5. The summed E-state index contributed by atoms with van der Waals surface area (Å²) in [5.74, 6) is 0.964. The van der Waals surface area contributed by atoms with Gasteiger partial charge in [0.25, 0.3) is 0 Å². The van der Waals surface area contributed by atoms with Gasteiger partial charge in [0, 0.05) is 26.2 Å². The number of halogens is 2. The Morgan fingerprint density at radius 1 is 0.800 bits per heavy atom. The summed E-state index contributed by atoms with van der Waals surface area (Å²) in [6.07, 6.45) is 2.10. The fraction of sp³-hybridized carbons (Fsp3) is 0.708. The quantitative estimate of drug-likeness (QED) is 0.327. The lowest BCUT2D eigenvalue weighted by Crippen LogP contribution is -2.45. The van der Waals surface area contributed by atoms with Gasteiger partial charge in [-0.25, -0.2) is 4.79 Å². The molecule has 0 amide bonds. The lowest BCUT2D eigenvalue weighted by atomic mass is 10.1. The molecule has 176 valence electrons. The molecule has 4 nitrogen and oxygen atoms in total. The second kappa shape index (κ2) is 17.8. The van der Waals surface area contributed by atoms with Crippen LogP contribution in [0, 0.1) is 11.8 Å². The fourth-order valence-electron chi connectivity index (χ4n) is 3.69. The van der Waals surface area contributed by atoms with E-state index in [1.54, 1.807) is 0 Å². The van der Waals surface area contributed by atoms with Crippen molar-refractivity contribution in [3.8, 4) is 0 Å². The van der Waals surface area contributed by atoms with Crippen molar-refractivity contribution in [1.29, 1.82) is 0 Å². The molecule has 6 heteroatoms. The van der Waals surface area contributed by atoms with Gasteiger partial charge in [0.05, 0.1) is 5.56 Å². The van der Waals surface area contributed by atoms with Crippen LogP contribution in [0.2, 0.25) is 0 Å². The molecule has 0 spiro atoms. The molecule has 1 aromatic carbocycles. The lowest BCUT2D eigenvalue weighted by Gasteiger charge is -2.33. The van der Waals surface area contributed by atoms with Gasteiger partial charge in [-0.1, -0.05) is 59.7 Å². The SMILES string of the molecule is CCCN(CCC)CC(CN(CC(C)C)CC(C)C)OC(=O)c1ccccc1.Cl.Cl. The van der Waals surface area contributed by atoms with Crippen LogP contribution >= 0.6 is 24.8 Å². The first-order valence-corrected chi connectivity index (χ1v) is 11.1. The molecule has 0 N–H and O–H groups in total. The van der Waals surface area contributed by atoms with Crippen LogP contribution in [0.5, 0.6) is 0 Å². The highest BCUT2D eigenvalue weighted by molar-refractivity contribution is 5.89. The predicted octanol–water partition coefficient (Wildman–Crippen LogP) is 5.79. The Morgan fingerprint density at radius 2 is 1.27 bits per heavy atom. The summed E-state index contributed by atoms with van der Waals surface area (Å²) < 4.78 is 6.03. The van der Waals surface area contributed by atoms with E-state index in [1.165, 1.54) is 0 Å². The monoisotopic (exact) mass is 462 g/mol. The van der Waals surface area contributed by atoms with Crippen molar-refractivity contribution >= 4 is 30.8 Å². The highest BCUT2D eigenvalue weighted by Gasteiger charge is 2.23. The minimum atomic E-state index is -0.215. The number of benzene rings is 1. The van der Waals surface area contributed by atoms with Crippen LogP contribution in [0.15, 0.2) is 30.3 Å². The van der Waals surface area contributed by atoms with Crippen molar-refractivity contribution in [3.05, 3.63) is 35.9 Å². The zero-order chi connectivity index (χ0) is 20.9. The topological polar surface area (TPSA) is 32.8 Å². The summed E-state index contributed by atoms with van der Waals surface area (Å²) in [7, 11) is 0.